The molecule has 1 atom stereocenters. The molecule has 0 radical (unpaired) electrons. The van der Waals surface area contributed by atoms with Crippen LogP contribution in [0.25, 0.3) is 11.4 Å². The van der Waals surface area contributed by atoms with Gasteiger partial charge in [0, 0.05) is 35.8 Å². The average Bonchev–Trinajstić information content (AvgIpc) is 3.43. The summed E-state index contributed by atoms with van der Waals surface area (Å²) in [6.45, 7) is 5.73. The van der Waals surface area contributed by atoms with E-state index in [0.29, 0.717) is 18.8 Å². The Kier molecular flexibility index (Phi) is 7.57. The molecule has 4 aromatic rings. The van der Waals surface area contributed by atoms with Crippen molar-refractivity contribution in [1.82, 2.24) is 30.4 Å². The van der Waals surface area contributed by atoms with E-state index in [-0.39, 0.29) is 11.9 Å². The first-order chi connectivity index (χ1) is 19.7. The van der Waals surface area contributed by atoms with Crippen molar-refractivity contribution in [3.63, 3.8) is 0 Å². The van der Waals surface area contributed by atoms with Gasteiger partial charge in [-0.05, 0) is 73.8 Å². The fraction of sp³-hybridized carbons (Fsp3) is 0.355. The van der Waals surface area contributed by atoms with Gasteiger partial charge in [-0.15, -0.1) is 10.2 Å². The van der Waals surface area contributed by atoms with E-state index in [9.17, 15) is 4.79 Å². The zero-order valence-electron chi connectivity index (χ0n) is 22.8. The summed E-state index contributed by atoms with van der Waals surface area (Å²) < 4.78 is 7.99. The molecule has 0 aliphatic carbocycles. The third-order valence-corrected chi connectivity index (χ3v) is 7.81. The molecule has 2 aromatic heterocycles. The van der Waals surface area contributed by atoms with Crippen LogP contribution in [0.15, 0.2) is 73.1 Å². The van der Waals surface area contributed by atoms with Crippen LogP contribution in [-0.2, 0) is 23.4 Å². The van der Waals surface area contributed by atoms with Crippen LogP contribution in [-0.4, -0.2) is 45.4 Å². The number of carbonyl (C=O) groups excluding carboxylic acids is 1. The molecule has 1 saturated heterocycles. The lowest BCUT2D eigenvalue weighted by Crippen LogP contribution is -2.47. The number of pyridine rings is 1. The van der Waals surface area contributed by atoms with Gasteiger partial charge in [0.2, 0.25) is 0 Å². The minimum absolute atomic E-state index is 0.123. The molecule has 1 fully saturated rings. The Bertz CT molecular complexity index is 1460. The molecule has 1 amide bonds. The van der Waals surface area contributed by atoms with Crippen LogP contribution in [0.3, 0.4) is 0 Å². The maximum atomic E-state index is 13.4. The second kappa shape index (κ2) is 11.6. The smallest absolute Gasteiger partial charge is 0.251 e. The van der Waals surface area contributed by atoms with Crippen molar-refractivity contribution < 1.29 is 9.53 Å². The average molecular weight is 538 g/mol. The topological polar surface area (TPSA) is 106 Å². The molecular formula is C31H35N7O2. The fourth-order valence-corrected chi connectivity index (χ4v) is 5.82. The molecular weight excluding hydrogens is 502 g/mol. The molecule has 0 bridgehead atoms. The minimum atomic E-state index is -0.427. The zero-order chi connectivity index (χ0) is 27.4. The number of benzene rings is 2. The van der Waals surface area contributed by atoms with Crippen molar-refractivity contribution in [3.8, 4) is 11.4 Å². The Morgan fingerprint density at radius 2 is 1.90 bits per heavy atom. The Hall–Kier alpha value is -4.08. The van der Waals surface area contributed by atoms with Gasteiger partial charge in [0.05, 0.1) is 19.3 Å². The van der Waals surface area contributed by atoms with E-state index in [0.717, 1.165) is 72.9 Å². The lowest BCUT2D eigenvalue weighted by Gasteiger charge is -2.38. The van der Waals surface area contributed by atoms with E-state index in [1.54, 1.807) is 12.4 Å². The monoisotopic (exact) mass is 537 g/mol. The number of fused-ring (bicyclic) bond motifs is 1. The molecule has 0 saturated carbocycles. The molecule has 3 N–H and O–H groups in total. The number of nitrogens with one attached hydrogen (secondary N) is 3. The maximum absolute atomic E-state index is 13.4. The van der Waals surface area contributed by atoms with E-state index in [2.05, 4.69) is 43.6 Å². The molecule has 9 heteroatoms. The van der Waals surface area contributed by atoms with Crippen LogP contribution in [0.5, 0.6) is 0 Å². The van der Waals surface area contributed by atoms with Crippen LogP contribution < -0.4 is 16.0 Å². The summed E-state index contributed by atoms with van der Waals surface area (Å²) in [5.74, 6) is 1.65. The number of rotatable bonds is 8. The van der Waals surface area contributed by atoms with E-state index < -0.39 is 5.54 Å². The summed E-state index contributed by atoms with van der Waals surface area (Å²) in [7, 11) is 0. The summed E-state index contributed by atoms with van der Waals surface area (Å²) >= 11 is 0. The highest BCUT2D eigenvalue weighted by molar-refractivity contribution is 5.95. The predicted octanol–water partition coefficient (Wildman–Crippen LogP) is 4.44. The summed E-state index contributed by atoms with van der Waals surface area (Å²) in [6, 6.07) is 19.6. The zero-order valence-corrected chi connectivity index (χ0v) is 22.8. The molecule has 4 heterocycles. The first kappa shape index (κ1) is 26.2. The van der Waals surface area contributed by atoms with Gasteiger partial charge in [-0.1, -0.05) is 37.3 Å². The molecule has 206 valence electrons. The highest BCUT2D eigenvalue weighted by atomic mass is 16.5. The standard InChI is InChI=1S/C31H35N7O2/c1-2-18-38-28(22-10-14-32-15-11-22)36-37-30(38)31(12-16-33-17-13-31)35-25-8-5-7-23(19-25)29(39)34-27-21-40-20-24-6-3-4-9-26(24)27/h3-11,14-15,19,27,33,35H,2,12-13,16-18,20-21H2,1H3,(H,34,39)/t27-/m1/s1. The largest absolute Gasteiger partial charge is 0.374 e. The molecule has 2 aromatic carbocycles. The number of ether oxygens (including phenoxy) is 1. The van der Waals surface area contributed by atoms with Crippen molar-refractivity contribution >= 4 is 11.6 Å². The van der Waals surface area contributed by atoms with Crippen LogP contribution in [0.2, 0.25) is 0 Å². The van der Waals surface area contributed by atoms with Gasteiger partial charge in [-0.2, -0.15) is 0 Å². The number of anilines is 1. The quantitative estimate of drug-likeness (QED) is 0.305. The number of amides is 1. The van der Waals surface area contributed by atoms with Gasteiger partial charge in [-0.25, -0.2) is 0 Å². The van der Waals surface area contributed by atoms with Crippen molar-refractivity contribution in [2.75, 3.05) is 25.0 Å². The minimum Gasteiger partial charge on any atom is -0.374 e. The number of piperidine rings is 1. The fourth-order valence-electron chi connectivity index (χ4n) is 5.82. The normalized spacial score (nSPS) is 18.1. The third-order valence-electron chi connectivity index (χ3n) is 7.81. The van der Waals surface area contributed by atoms with Gasteiger partial charge in [-0.3, -0.25) is 9.78 Å². The molecule has 0 spiro atoms. The molecule has 2 aliphatic rings. The second-order valence-corrected chi connectivity index (χ2v) is 10.5. The van der Waals surface area contributed by atoms with Gasteiger partial charge in [0.15, 0.2) is 11.6 Å². The molecule has 2 aliphatic heterocycles. The molecule has 6 rings (SSSR count). The lowest BCUT2D eigenvalue weighted by molar-refractivity contribution is 0.0708. The van der Waals surface area contributed by atoms with E-state index in [1.807, 2.05) is 54.6 Å². The van der Waals surface area contributed by atoms with Crippen molar-refractivity contribution in [2.45, 2.75) is 50.9 Å². The van der Waals surface area contributed by atoms with Gasteiger partial charge >= 0.3 is 0 Å². The Labute approximate surface area is 234 Å². The van der Waals surface area contributed by atoms with Crippen molar-refractivity contribution in [2.24, 2.45) is 0 Å². The summed E-state index contributed by atoms with van der Waals surface area (Å²) in [5, 5.41) is 19.9. The van der Waals surface area contributed by atoms with Crippen LogP contribution in [0.4, 0.5) is 5.69 Å². The van der Waals surface area contributed by atoms with Gasteiger partial charge in [0.25, 0.3) is 5.91 Å². The summed E-state index contributed by atoms with van der Waals surface area (Å²) in [5.41, 5.74) is 4.29. The highest BCUT2D eigenvalue weighted by Crippen LogP contribution is 2.36. The Balaban J connectivity index is 1.29. The lowest BCUT2D eigenvalue weighted by atomic mass is 9.86. The first-order valence-corrected chi connectivity index (χ1v) is 14.1. The van der Waals surface area contributed by atoms with E-state index in [4.69, 9.17) is 9.84 Å². The first-order valence-electron chi connectivity index (χ1n) is 14.1. The third kappa shape index (κ3) is 5.22. The van der Waals surface area contributed by atoms with Crippen LogP contribution >= 0.6 is 0 Å². The van der Waals surface area contributed by atoms with E-state index >= 15 is 0 Å². The number of nitrogens with zero attached hydrogens (tertiary/aromatic N) is 4. The maximum Gasteiger partial charge on any atom is 0.251 e. The number of hydrogen-bond acceptors (Lipinski definition) is 7. The van der Waals surface area contributed by atoms with Crippen LogP contribution in [0.1, 0.15) is 59.5 Å². The Morgan fingerprint density at radius 3 is 2.73 bits per heavy atom. The van der Waals surface area contributed by atoms with Crippen molar-refractivity contribution in [3.05, 3.63) is 95.6 Å². The predicted molar refractivity (Wildman–Crippen MR) is 154 cm³/mol. The SMILES string of the molecule is CCCn1c(-c2ccncc2)nnc1C1(Nc2cccc(C(=O)N[C@@H]3COCc4ccccc43)c2)CCNCC1. The molecule has 0 unspecified atom stereocenters. The number of carbonyl (C=O) groups is 1. The summed E-state index contributed by atoms with van der Waals surface area (Å²) in [6.07, 6.45) is 6.22. The van der Waals surface area contributed by atoms with Gasteiger partial charge in [0.1, 0.15) is 5.54 Å². The Morgan fingerprint density at radius 1 is 1.07 bits per heavy atom. The summed E-state index contributed by atoms with van der Waals surface area (Å²) in [4.78, 5) is 17.5. The number of hydrogen-bond donors (Lipinski definition) is 3. The highest BCUT2D eigenvalue weighted by Gasteiger charge is 2.39. The number of aromatic nitrogens is 4. The van der Waals surface area contributed by atoms with E-state index in [1.165, 1.54) is 0 Å². The van der Waals surface area contributed by atoms with Crippen molar-refractivity contribution in [1.29, 1.82) is 0 Å². The van der Waals surface area contributed by atoms with Crippen LogP contribution in [0, 0.1) is 0 Å². The molecule has 40 heavy (non-hydrogen) atoms. The van der Waals surface area contributed by atoms with Gasteiger partial charge < -0.3 is 25.3 Å². The second-order valence-electron chi connectivity index (χ2n) is 10.5. The molecule has 9 nitrogen and oxygen atoms in total.